The Morgan fingerprint density at radius 2 is 1.78 bits per heavy atom. The number of nitrogens with one attached hydrogen (secondary N) is 2. The molecule has 1 aliphatic rings. The van der Waals surface area contributed by atoms with Crippen LogP contribution < -0.4 is 15.5 Å². The molecule has 2 aromatic heterocycles. The predicted molar refractivity (Wildman–Crippen MR) is 123 cm³/mol. The first-order valence-corrected chi connectivity index (χ1v) is 11.0. The Balaban J connectivity index is 1.67. The third-order valence-corrected chi connectivity index (χ3v) is 5.44. The van der Waals surface area contributed by atoms with Crippen LogP contribution in [0.5, 0.6) is 0 Å². The second-order valence-electron chi connectivity index (χ2n) is 8.30. The molecule has 0 radical (unpaired) electrons. The van der Waals surface area contributed by atoms with Crippen LogP contribution in [0.1, 0.15) is 29.9 Å². The molecule has 1 saturated heterocycles. The molecule has 13 heteroatoms. The molecule has 1 fully saturated rings. The number of anilines is 3. The zero-order chi connectivity index (χ0) is 26.0. The summed E-state index contributed by atoms with van der Waals surface area (Å²) in [4.78, 5) is 22.5. The maximum atomic E-state index is 14.6. The van der Waals surface area contributed by atoms with Gasteiger partial charge < -0.3 is 20.3 Å². The average Bonchev–Trinajstić information content (AvgIpc) is 2.84. The van der Waals surface area contributed by atoms with Crippen LogP contribution in [0.25, 0.3) is 11.1 Å². The fraction of sp³-hybridized carbons (Fsp3) is 0.348. The fourth-order valence-corrected chi connectivity index (χ4v) is 3.86. The summed E-state index contributed by atoms with van der Waals surface area (Å²) in [6.45, 7) is 4.87. The maximum absolute atomic E-state index is 14.6. The Hall–Kier alpha value is -3.87. The van der Waals surface area contributed by atoms with Crippen molar-refractivity contribution < 1.29 is 27.1 Å². The topological polar surface area (TPSA) is 105 Å². The van der Waals surface area contributed by atoms with Crippen LogP contribution in [0, 0.1) is 5.82 Å². The van der Waals surface area contributed by atoms with E-state index in [2.05, 4.69) is 30.8 Å². The first-order chi connectivity index (χ1) is 17.0. The van der Waals surface area contributed by atoms with Crippen LogP contribution in [0.4, 0.5) is 35.1 Å². The van der Waals surface area contributed by atoms with Gasteiger partial charge >= 0.3 is 6.18 Å². The molecular weight excluding hydrogens is 482 g/mol. The number of nitrogens with zero attached hydrogens (tertiary/aromatic N) is 5. The number of hydrogen-bond donors (Lipinski definition) is 2. The van der Waals surface area contributed by atoms with Gasteiger partial charge in [0, 0.05) is 25.7 Å². The molecule has 0 unspecified atom stereocenters. The van der Waals surface area contributed by atoms with Crippen LogP contribution in [0.2, 0.25) is 0 Å². The second-order valence-corrected chi connectivity index (χ2v) is 8.30. The number of amides is 1. The van der Waals surface area contributed by atoms with Crippen molar-refractivity contribution in [2.45, 2.75) is 32.2 Å². The quantitative estimate of drug-likeness (QED) is 0.505. The third-order valence-electron chi connectivity index (χ3n) is 5.44. The molecule has 0 bridgehead atoms. The molecule has 2 atom stereocenters. The molecular formula is C23H23F4N7O2. The Morgan fingerprint density at radius 3 is 2.39 bits per heavy atom. The average molecular weight is 505 g/mol. The van der Waals surface area contributed by atoms with Gasteiger partial charge in [-0.15, -0.1) is 10.2 Å². The van der Waals surface area contributed by atoms with Gasteiger partial charge in [0.2, 0.25) is 5.95 Å². The SMILES string of the molecule is CNC(=O)c1nnc(Nc2nc(N3C[C@@H](C)O[C@@H](C)C3)ncc2F)cc1-c1ccc(C(F)(F)F)cc1. The van der Waals surface area contributed by atoms with E-state index in [0.29, 0.717) is 24.6 Å². The summed E-state index contributed by atoms with van der Waals surface area (Å²) in [6.07, 6.45) is -3.61. The summed E-state index contributed by atoms with van der Waals surface area (Å²) in [5, 5.41) is 13.0. The predicted octanol–water partition coefficient (Wildman–Crippen LogP) is 3.81. The number of carbonyl (C=O) groups excluding carboxylic acids is 1. The standard InChI is InChI=1S/C23H23F4N7O2/c1-12-10-34(11-13(2)36-12)22-29-9-17(24)20(31-22)30-18-8-16(19(33-32-18)21(35)28-3)14-4-6-15(7-5-14)23(25,26)27/h4-9,12-13H,10-11H2,1-3H3,(H,28,35)(H,29,30,31,32)/t12-,13+. The van der Waals surface area contributed by atoms with Crippen molar-refractivity contribution in [2.75, 3.05) is 30.4 Å². The number of morpholine rings is 1. The number of alkyl halides is 3. The fourth-order valence-electron chi connectivity index (χ4n) is 3.86. The van der Waals surface area contributed by atoms with Gasteiger partial charge in [-0.25, -0.2) is 9.37 Å². The summed E-state index contributed by atoms with van der Waals surface area (Å²) in [7, 11) is 1.39. The van der Waals surface area contributed by atoms with Gasteiger partial charge in [0.1, 0.15) is 0 Å². The van der Waals surface area contributed by atoms with Crippen molar-refractivity contribution in [1.82, 2.24) is 25.5 Å². The zero-order valence-corrected chi connectivity index (χ0v) is 19.6. The molecule has 1 aromatic carbocycles. The summed E-state index contributed by atoms with van der Waals surface area (Å²) in [5.41, 5.74) is -0.454. The molecule has 1 amide bonds. The van der Waals surface area contributed by atoms with Crippen LogP contribution in [-0.2, 0) is 10.9 Å². The number of benzene rings is 1. The van der Waals surface area contributed by atoms with Crippen molar-refractivity contribution in [3.8, 4) is 11.1 Å². The van der Waals surface area contributed by atoms with E-state index >= 15 is 0 Å². The van der Waals surface area contributed by atoms with Crippen molar-refractivity contribution >= 4 is 23.5 Å². The number of aromatic nitrogens is 4. The van der Waals surface area contributed by atoms with Crippen molar-refractivity contribution in [2.24, 2.45) is 0 Å². The first kappa shape index (κ1) is 25.2. The van der Waals surface area contributed by atoms with Crippen LogP contribution in [0.3, 0.4) is 0 Å². The zero-order valence-electron chi connectivity index (χ0n) is 19.6. The highest BCUT2D eigenvalue weighted by Gasteiger charge is 2.30. The molecule has 3 aromatic rings. The number of ether oxygens (including phenoxy) is 1. The van der Waals surface area contributed by atoms with E-state index in [1.807, 2.05) is 18.7 Å². The smallest absolute Gasteiger partial charge is 0.372 e. The maximum Gasteiger partial charge on any atom is 0.416 e. The number of halogens is 4. The first-order valence-electron chi connectivity index (χ1n) is 11.0. The highest BCUT2D eigenvalue weighted by atomic mass is 19.4. The molecule has 4 rings (SSSR count). The van der Waals surface area contributed by atoms with Gasteiger partial charge in [-0.2, -0.15) is 18.2 Å². The summed E-state index contributed by atoms with van der Waals surface area (Å²) >= 11 is 0. The van der Waals surface area contributed by atoms with Gasteiger partial charge in [0.15, 0.2) is 23.1 Å². The number of rotatable bonds is 5. The summed E-state index contributed by atoms with van der Waals surface area (Å²) in [5.74, 6) is -1.19. The highest BCUT2D eigenvalue weighted by Crippen LogP contribution is 2.32. The molecule has 2 N–H and O–H groups in total. The van der Waals surface area contributed by atoms with E-state index in [1.54, 1.807) is 0 Å². The van der Waals surface area contributed by atoms with E-state index in [1.165, 1.54) is 25.2 Å². The lowest BCUT2D eigenvalue weighted by molar-refractivity contribution is -0.137. The Kier molecular flexibility index (Phi) is 7.02. The molecule has 190 valence electrons. The largest absolute Gasteiger partial charge is 0.416 e. The molecule has 0 aliphatic carbocycles. The lowest BCUT2D eigenvalue weighted by Crippen LogP contribution is -2.46. The van der Waals surface area contributed by atoms with Crippen molar-refractivity contribution in [3.05, 3.63) is 53.6 Å². The Labute approximate surface area is 203 Å². The molecule has 9 nitrogen and oxygen atoms in total. The Bertz CT molecular complexity index is 1240. The molecule has 3 heterocycles. The normalized spacial score (nSPS) is 18.1. The van der Waals surface area contributed by atoms with E-state index in [0.717, 1.165) is 18.3 Å². The van der Waals surface area contributed by atoms with Gasteiger partial charge in [-0.3, -0.25) is 4.79 Å². The lowest BCUT2D eigenvalue weighted by Gasteiger charge is -2.35. The van der Waals surface area contributed by atoms with Crippen molar-refractivity contribution in [3.63, 3.8) is 0 Å². The summed E-state index contributed by atoms with van der Waals surface area (Å²) in [6, 6.07) is 5.63. The molecule has 0 saturated carbocycles. The number of carbonyl (C=O) groups is 1. The molecule has 0 spiro atoms. The lowest BCUT2D eigenvalue weighted by atomic mass is 10.0. The van der Waals surface area contributed by atoms with Gasteiger partial charge in [-0.1, -0.05) is 12.1 Å². The monoisotopic (exact) mass is 505 g/mol. The van der Waals surface area contributed by atoms with Crippen molar-refractivity contribution in [1.29, 1.82) is 0 Å². The Morgan fingerprint density at radius 1 is 1.11 bits per heavy atom. The minimum absolute atomic E-state index is 0.0322. The van der Waals surface area contributed by atoms with Crippen LogP contribution in [-0.4, -0.2) is 58.4 Å². The molecule has 1 aliphatic heterocycles. The van der Waals surface area contributed by atoms with Gasteiger partial charge in [0.25, 0.3) is 5.91 Å². The van der Waals surface area contributed by atoms with E-state index in [9.17, 15) is 22.4 Å². The third kappa shape index (κ3) is 5.51. The minimum Gasteiger partial charge on any atom is -0.372 e. The van der Waals surface area contributed by atoms with Crippen LogP contribution in [0.15, 0.2) is 36.5 Å². The second kappa shape index (κ2) is 10.0. The highest BCUT2D eigenvalue weighted by molar-refractivity contribution is 5.99. The van der Waals surface area contributed by atoms with E-state index < -0.39 is 23.5 Å². The van der Waals surface area contributed by atoms with Gasteiger partial charge in [0.05, 0.1) is 24.0 Å². The summed E-state index contributed by atoms with van der Waals surface area (Å²) < 4.78 is 59.2. The van der Waals surface area contributed by atoms with Gasteiger partial charge in [-0.05, 0) is 37.6 Å². The van der Waals surface area contributed by atoms with Crippen LogP contribution >= 0.6 is 0 Å². The van der Waals surface area contributed by atoms with E-state index in [-0.39, 0.29) is 35.1 Å². The minimum atomic E-state index is -4.51. The molecule has 36 heavy (non-hydrogen) atoms. The number of hydrogen-bond acceptors (Lipinski definition) is 8. The van der Waals surface area contributed by atoms with E-state index in [4.69, 9.17) is 4.74 Å².